The number of aliphatic hydroxyl groups is 4. The van der Waals surface area contributed by atoms with Gasteiger partial charge in [-0.3, -0.25) is 28.8 Å². The zero-order chi connectivity index (χ0) is 66.6. The summed E-state index contributed by atoms with van der Waals surface area (Å²) in [6.45, 7) is 10.3. The van der Waals surface area contributed by atoms with Crippen molar-refractivity contribution in [2.24, 2.45) is 68.8 Å². The average Bonchev–Trinajstić information content (AvgIpc) is 1.55. The van der Waals surface area contributed by atoms with E-state index in [1.807, 2.05) is 116 Å². The lowest BCUT2D eigenvalue weighted by molar-refractivity contribution is -0.201. The van der Waals surface area contributed by atoms with Crippen LogP contribution in [0.5, 0.6) is 0 Å². The van der Waals surface area contributed by atoms with E-state index in [1.54, 1.807) is 38.2 Å². The molecule has 0 unspecified atom stereocenters. The first-order chi connectivity index (χ1) is 44.8. The smallest absolute Gasteiger partial charge is 0.227 e. The molecule has 0 radical (unpaired) electrons. The fourth-order valence-electron chi connectivity index (χ4n) is 20.0. The number of benzene rings is 4. The Kier molecular flexibility index (Phi) is 18.3. The van der Waals surface area contributed by atoms with Crippen molar-refractivity contribution in [2.75, 3.05) is 24.3 Å². The molecule has 14 rings (SSSR count). The molecular formula is C78H93N3O14. The molecule has 504 valence electrons. The number of amides is 1. The Morgan fingerprint density at radius 2 is 1.06 bits per heavy atom. The predicted molar refractivity (Wildman–Crippen MR) is 357 cm³/mol. The molecule has 0 aromatic heterocycles. The number of carbonyl (C=O) groups excluding carboxylic acids is 6. The van der Waals surface area contributed by atoms with Crippen LogP contribution in [0.25, 0.3) is 0 Å². The maximum Gasteiger partial charge on any atom is 0.227 e. The van der Waals surface area contributed by atoms with Gasteiger partial charge < -0.3 is 56.2 Å². The van der Waals surface area contributed by atoms with Crippen LogP contribution in [0.15, 0.2) is 145 Å². The number of hydrogen-bond donors (Lipinski definition) is 7. The van der Waals surface area contributed by atoms with E-state index in [0.717, 1.165) is 82.3 Å². The van der Waals surface area contributed by atoms with Gasteiger partial charge in [-0.05, 0) is 166 Å². The number of hydrogen-bond acceptors (Lipinski definition) is 16. The number of ether oxygens (including phenoxy) is 4. The summed E-state index contributed by atoms with van der Waals surface area (Å²) in [6, 6.07) is 30.7. The number of nitrogens with one attached hydrogen (secondary N) is 1. The Balaban J connectivity index is 0.000000184. The van der Waals surface area contributed by atoms with Crippen LogP contribution in [0.4, 0.5) is 11.4 Å². The van der Waals surface area contributed by atoms with Crippen molar-refractivity contribution in [3.63, 3.8) is 0 Å². The summed E-state index contributed by atoms with van der Waals surface area (Å²) < 4.78 is 26.6. The van der Waals surface area contributed by atoms with Gasteiger partial charge in [-0.15, -0.1) is 0 Å². The molecular weight excluding hydrogens is 1200 g/mol. The van der Waals surface area contributed by atoms with E-state index < -0.39 is 101 Å². The fourth-order valence-corrected chi connectivity index (χ4v) is 20.0. The molecule has 95 heavy (non-hydrogen) atoms. The molecule has 17 heteroatoms. The van der Waals surface area contributed by atoms with E-state index in [2.05, 4.69) is 26.1 Å². The molecule has 8 fully saturated rings. The zero-order valence-electron chi connectivity index (χ0n) is 54.5. The molecule has 10 aliphatic rings. The van der Waals surface area contributed by atoms with E-state index in [9.17, 15) is 49.2 Å². The van der Waals surface area contributed by atoms with Gasteiger partial charge in [-0.1, -0.05) is 138 Å². The minimum absolute atomic E-state index is 0. The van der Waals surface area contributed by atoms with Crippen LogP contribution in [0.2, 0.25) is 0 Å². The normalized spacial score (nSPS) is 37.3. The molecule has 4 aromatic rings. The van der Waals surface area contributed by atoms with Crippen molar-refractivity contribution in [1.82, 2.24) is 0 Å². The molecule has 0 bridgehead atoms. The number of carbonyl (C=O) groups is 6. The van der Waals surface area contributed by atoms with Gasteiger partial charge in [0.2, 0.25) is 5.91 Å². The Bertz CT molecular complexity index is 3820. The standard InChI is InChI=1S/C42H50N2O8.C35H39NO6.CH4/c1-23(16-33(47)24(2)43)38(50)44-29-7-5-6-26(18-29)17-25-8-10-27(11-9-25)39-51-36-20-32-31-13-12-28-19-30(46)14-15-40(28,3)37(31)34(48)21-41(32,4)42(36,52-39)35(49)22-45;1-33-13-12-25(38)16-23(33)10-11-26-27-17-30-35(29(40)19-37,34(27,2)18-28(39)31(26)33)42-32(41-30)22-8-6-20(7-9-22)14-21-4-3-5-24(36)15-21;/h5-11,14-15,18-19,23-24,31-32,34,36-37,39,45,48H,12-13,16-17,20-22,43H2,1-4H3,(H,44,50);3-9,12-13,15-16,26-28,30-32,37,39H,10-11,14,17-19,36H2,1-2H3;1H4/t23-,24+,31+,32+,34+,36-,37-,39-,40+,41+,42-;26-,27-,28-,30+,31+,32+,33-,34-,35+;/m10./s1. The second kappa shape index (κ2) is 25.5. The van der Waals surface area contributed by atoms with Gasteiger partial charge in [-0.2, -0.15) is 0 Å². The van der Waals surface area contributed by atoms with Crippen LogP contribution in [-0.4, -0.2) is 110 Å². The molecule has 0 spiro atoms. The van der Waals surface area contributed by atoms with Crippen molar-refractivity contribution < 1.29 is 68.1 Å². The summed E-state index contributed by atoms with van der Waals surface area (Å²) in [7, 11) is 0. The maximum absolute atomic E-state index is 13.9. The second-order valence-corrected chi connectivity index (χ2v) is 29.8. The molecule has 2 aliphatic heterocycles. The molecule has 2 heterocycles. The quantitative estimate of drug-likeness (QED) is 0.0545. The highest BCUT2D eigenvalue weighted by atomic mass is 16.8. The molecule has 2 saturated heterocycles. The molecule has 1 amide bonds. The summed E-state index contributed by atoms with van der Waals surface area (Å²) in [5.41, 5.74) is 15.9. The number of ketones is 5. The third-order valence-corrected chi connectivity index (χ3v) is 24.5. The summed E-state index contributed by atoms with van der Waals surface area (Å²) >= 11 is 0. The first kappa shape index (κ1) is 68.1. The lowest BCUT2D eigenvalue weighted by Gasteiger charge is -2.59. The second-order valence-electron chi connectivity index (χ2n) is 29.8. The minimum atomic E-state index is -1.41. The summed E-state index contributed by atoms with van der Waals surface area (Å²) in [5.74, 6) is -1.56. The van der Waals surface area contributed by atoms with Crippen molar-refractivity contribution in [3.8, 4) is 0 Å². The summed E-state index contributed by atoms with van der Waals surface area (Å²) in [6.07, 6.45) is 13.1. The summed E-state index contributed by atoms with van der Waals surface area (Å²) in [4.78, 5) is 76.7. The van der Waals surface area contributed by atoms with Crippen LogP contribution in [0, 0.1) is 63.1 Å². The first-order valence-electron chi connectivity index (χ1n) is 33.7. The number of fused-ring (bicyclic) bond motifs is 14. The highest BCUT2D eigenvalue weighted by Gasteiger charge is 2.78. The SMILES string of the molecule is C.C[C@H](N)C(=O)C[C@@H](C)C(=O)Nc1cccc(Cc2ccc([C@@H]3O[C@@H]4C[C@H]5[C@@H]6CCC7=CC(=O)C=C[C@]7(C)[C@H]6[C@@H](O)C[C@]5(C)[C@]4(C(=O)CO)O3)cc2)c1.C[C@]12C=CC(=O)C=C1CC[C@@H]1[C@@H]2[C@@H](O)C[C@@]2(C)[C@H]1C[C@H]1O[C@@H](c3ccc(Cc4cccc(N)c4)cc3)O[C@]12C(=O)CO. The van der Waals surface area contributed by atoms with Gasteiger partial charge in [0.25, 0.3) is 0 Å². The van der Waals surface area contributed by atoms with Crippen LogP contribution in [-0.2, 0) is 60.6 Å². The third-order valence-electron chi connectivity index (χ3n) is 24.5. The van der Waals surface area contributed by atoms with Crippen LogP contribution in [0.1, 0.15) is 153 Å². The van der Waals surface area contributed by atoms with Crippen molar-refractivity contribution >= 4 is 46.2 Å². The van der Waals surface area contributed by atoms with E-state index in [-0.39, 0.29) is 78.4 Å². The minimum Gasteiger partial charge on any atom is -0.399 e. The number of aliphatic hydroxyl groups excluding tert-OH is 4. The highest BCUT2D eigenvalue weighted by Crippen LogP contribution is 2.72. The number of rotatable bonds is 15. The zero-order valence-corrected chi connectivity index (χ0v) is 54.5. The molecule has 6 saturated carbocycles. The Hall–Kier alpha value is -6.90. The Morgan fingerprint density at radius 3 is 1.49 bits per heavy atom. The van der Waals surface area contributed by atoms with E-state index in [1.165, 1.54) is 0 Å². The monoisotopic (exact) mass is 1300 g/mol. The highest BCUT2D eigenvalue weighted by molar-refractivity contribution is 6.02. The van der Waals surface area contributed by atoms with Crippen molar-refractivity contribution in [2.45, 2.75) is 174 Å². The largest absolute Gasteiger partial charge is 0.399 e. The number of nitrogens with two attached hydrogens (primary N) is 2. The lowest BCUT2D eigenvalue weighted by Crippen LogP contribution is -2.63. The third kappa shape index (κ3) is 11.2. The molecule has 8 aliphatic carbocycles. The van der Waals surface area contributed by atoms with E-state index >= 15 is 0 Å². The summed E-state index contributed by atoms with van der Waals surface area (Å²) in [5, 5.41) is 47.1. The van der Waals surface area contributed by atoms with Crippen LogP contribution in [0.3, 0.4) is 0 Å². The number of Topliss-reactive ketones (excluding diaryl/α,β-unsaturated/α-hetero) is 3. The van der Waals surface area contributed by atoms with Crippen molar-refractivity contribution in [3.05, 3.63) is 178 Å². The predicted octanol–water partition coefficient (Wildman–Crippen LogP) is 9.86. The van der Waals surface area contributed by atoms with Gasteiger partial charge in [0.1, 0.15) is 19.0 Å². The molecule has 20 atom stereocenters. The Labute approximate surface area is 556 Å². The topological polar surface area (TPSA) is 284 Å². The lowest BCUT2D eigenvalue weighted by atomic mass is 9.46. The van der Waals surface area contributed by atoms with Crippen molar-refractivity contribution in [1.29, 1.82) is 0 Å². The Morgan fingerprint density at radius 1 is 0.621 bits per heavy atom. The van der Waals surface area contributed by atoms with E-state index in [4.69, 9.17) is 30.4 Å². The fraction of sp³-hybridized carbons (Fsp3) is 0.513. The average molecular weight is 1300 g/mol. The van der Waals surface area contributed by atoms with Crippen LogP contribution >= 0.6 is 0 Å². The number of allylic oxidation sites excluding steroid dienone is 8. The van der Waals surface area contributed by atoms with Gasteiger partial charge in [-0.25, -0.2) is 0 Å². The molecule has 9 N–H and O–H groups in total. The first-order valence-corrected chi connectivity index (χ1v) is 33.7. The van der Waals surface area contributed by atoms with Gasteiger partial charge in [0.05, 0.1) is 30.5 Å². The van der Waals surface area contributed by atoms with E-state index in [0.29, 0.717) is 37.8 Å². The maximum atomic E-state index is 13.9. The van der Waals surface area contributed by atoms with Gasteiger partial charge >= 0.3 is 0 Å². The van der Waals surface area contributed by atoms with Gasteiger partial charge in [0, 0.05) is 68.3 Å². The molecule has 4 aromatic carbocycles. The van der Waals surface area contributed by atoms with Gasteiger partial charge in [0.15, 0.2) is 46.9 Å². The molecule has 17 nitrogen and oxygen atoms in total. The number of nitrogen functional groups attached to an aromatic ring is 1. The number of anilines is 2. The van der Waals surface area contributed by atoms with Crippen LogP contribution < -0.4 is 16.8 Å².